The van der Waals surface area contributed by atoms with Crippen molar-refractivity contribution in [2.75, 3.05) is 23.0 Å². The highest BCUT2D eigenvalue weighted by Crippen LogP contribution is 2.33. The van der Waals surface area contributed by atoms with Crippen LogP contribution in [0, 0.1) is 23.0 Å². The molecule has 3 aromatic rings. The van der Waals surface area contributed by atoms with Crippen LogP contribution >= 0.6 is 0 Å². The molecule has 3 aromatic heterocycles. The number of H-pyrrole nitrogens is 1. The van der Waals surface area contributed by atoms with Gasteiger partial charge in [0.1, 0.15) is 29.1 Å². The lowest BCUT2D eigenvalue weighted by Crippen LogP contribution is -2.14. The van der Waals surface area contributed by atoms with Gasteiger partial charge in [-0.3, -0.25) is 10.1 Å². The van der Waals surface area contributed by atoms with E-state index in [1.165, 1.54) is 19.2 Å². The van der Waals surface area contributed by atoms with E-state index in [9.17, 15) is 9.65 Å². The normalized spacial score (nSPS) is 11.7. The molecule has 9 nitrogen and oxygen atoms in total. The van der Waals surface area contributed by atoms with Crippen molar-refractivity contribution in [2.45, 2.75) is 32.9 Å². The van der Waals surface area contributed by atoms with Gasteiger partial charge in [0.15, 0.2) is 11.6 Å². The van der Waals surface area contributed by atoms with Gasteiger partial charge in [0.2, 0.25) is 5.88 Å². The van der Waals surface area contributed by atoms with Gasteiger partial charge in [-0.1, -0.05) is 0 Å². The highest BCUT2D eigenvalue weighted by Gasteiger charge is 2.22. The van der Waals surface area contributed by atoms with Crippen LogP contribution in [-0.2, 0) is 0 Å². The molecule has 0 saturated carbocycles. The monoisotopic (exact) mass is 428 g/mol. The Kier molecular flexibility index (Phi) is 6.49. The maximum atomic E-state index is 15.0. The van der Waals surface area contributed by atoms with E-state index < -0.39 is 17.7 Å². The SMILES string of the molecule is CNc1c(F)c(Nc2cc(OC(C)C)n[nH]2)nc(N[C@@H](C)c2ccc(F)cn2)c1C#N. The molecule has 0 spiro atoms. The third-order valence-corrected chi connectivity index (χ3v) is 4.21. The second-order valence-corrected chi connectivity index (χ2v) is 6.91. The second kappa shape index (κ2) is 9.25. The van der Waals surface area contributed by atoms with Crippen molar-refractivity contribution in [1.82, 2.24) is 20.2 Å². The topological polar surface area (TPSA) is 124 Å². The summed E-state index contributed by atoms with van der Waals surface area (Å²) >= 11 is 0. The molecule has 11 heteroatoms. The number of aromatic amines is 1. The molecule has 0 unspecified atom stereocenters. The Hall–Kier alpha value is -3.94. The number of nitriles is 1. The predicted molar refractivity (Wildman–Crippen MR) is 112 cm³/mol. The van der Waals surface area contributed by atoms with Gasteiger partial charge in [0, 0.05) is 13.1 Å². The minimum absolute atomic E-state index is 0.00653. The second-order valence-electron chi connectivity index (χ2n) is 6.91. The van der Waals surface area contributed by atoms with E-state index in [0.717, 1.165) is 6.20 Å². The molecule has 31 heavy (non-hydrogen) atoms. The van der Waals surface area contributed by atoms with Gasteiger partial charge < -0.3 is 20.7 Å². The maximum absolute atomic E-state index is 15.0. The minimum atomic E-state index is -0.738. The number of ether oxygens (including phenoxy) is 1. The number of aromatic nitrogens is 4. The average Bonchev–Trinajstić information content (AvgIpc) is 3.16. The number of pyridine rings is 2. The quantitative estimate of drug-likeness (QED) is 0.423. The van der Waals surface area contributed by atoms with Crippen LogP contribution in [0.4, 0.5) is 31.9 Å². The third kappa shape index (κ3) is 4.98. The number of nitrogens with zero attached hydrogens (tertiary/aromatic N) is 4. The number of rotatable bonds is 8. The van der Waals surface area contributed by atoms with Gasteiger partial charge in [-0.15, -0.1) is 5.10 Å². The Morgan fingerprint density at radius 3 is 2.58 bits per heavy atom. The molecular weight excluding hydrogens is 406 g/mol. The largest absolute Gasteiger partial charge is 0.474 e. The van der Waals surface area contributed by atoms with E-state index in [1.54, 1.807) is 13.0 Å². The highest BCUT2D eigenvalue weighted by atomic mass is 19.1. The first-order chi connectivity index (χ1) is 14.8. The van der Waals surface area contributed by atoms with Gasteiger partial charge in [-0.2, -0.15) is 5.26 Å². The summed E-state index contributed by atoms with van der Waals surface area (Å²) in [6.07, 6.45) is 1.02. The number of nitrogens with one attached hydrogen (secondary N) is 4. The molecule has 0 amide bonds. The molecule has 0 aliphatic heterocycles. The van der Waals surface area contributed by atoms with E-state index in [-0.39, 0.29) is 29.0 Å². The van der Waals surface area contributed by atoms with Crippen molar-refractivity contribution >= 4 is 23.1 Å². The van der Waals surface area contributed by atoms with Gasteiger partial charge in [0.05, 0.1) is 29.7 Å². The molecule has 1 atom stereocenters. The van der Waals surface area contributed by atoms with Crippen LogP contribution in [0.2, 0.25) is 0 Å². The minimum Gasteiger partial charge on any atom is -0.474 e. The van der Waals surface area contributed by atoms with E-state index in [2.05, 4.69) is 36.1 Å². The number of anilines is 4. The highest BCUT2D eigenvalue weighted by molar-refractivity contribution is 5.74. The molecule has 0 aliphatic carbocycles. The molecule has 162 valence electrons. The Balaban J connectivity index is 1.94. The van der Waals surface area contributed by atoms with E-state index in [1.807, 2.05) is 19.9 Å². The molecular formula is C20H22F2N8O. The summed E-state index contributed by atoms with van der Waals surface area (Å²) in [5, 5.41) is 24.8. The van der Waals surface area contributed by atoms with Gasteiger partial charge in [-0.25, -0.2) is 13.8 Å². The predicted octanol–water partition coefficient (Wildman–Crippen LogP) is 4.10. The fourth-order valence-corrected chi connectivity index (χ4v) is 2.81. The number of hydrogen-bond acceptors (Lipinski definition) is 8. The van der Waals surface area contributed by atoms with Crippen LogP contribution in [0.1, 0.15) is 38.1 Å². The zero-order valence-corrected chi connectivity index (χ0v) is 17.4. The van der Waals surface area contributed by atoms with Crippen molar-refractivity contribution in [3.8, 4) is 11.9 Å². The van der Waals surface area contributed by atoms with Crippen molar-refractivity contribution in [3.05, 3.63) is 47.3 Å². The zero-order chi connectivity index (χ0) is 22.5. The lowest BCUT2D eigenvalue weighted by Gasteiger charge is -2.18. The van der Waals surface area contributed by atoms with Gasteiger partial charge in [0.25, 0.3) is 0 Å². The van der Waals surface area contributed by atoms with Crippen molar-refractivity contribution < 1.29 is 13.5 Å². The fourth-order valence-electron chi connectivity index (χ4n) is 2.81. The van der Waals surface area contributed by atoms with Crippen LogP contribution in [-0.4, -0.2) is 33.3 Å². The molecule has 3 heterocycles. The molecule has 0 bridgehead atoms. The van der Waals surface area contributed by atoms with E-state index in [4.69, 9.17) is 4.74 Å². The molecule has 4 N–H and O–H groups in total. The maximum Gasteiger partial charge on any atom is 0.234 e. The Morgan fingerprint density at radius 2 is 1.97 bits per heavy atom. The van der Waals surface area contributed by atoms with Crippen LogP contribution in [0.25, 0.3) is 0 Å². The molecule has 3 rings (SSSR count). The Bertz CT molecular complexity index is 1090. The standard InChI is InChI=1S/C20H22F2N8O/c1-10(2)31-16-7-15(29-30-16)27-20-17(22)18(24-4)13(8-23)19(28-20)26-11(3)14-6-5-12(21)9-25-14/h5-7,9-11H,1-4H3,(H4,24,26,27,28,29,30)/t11-/m0/s1. The summed E-state index contributed by atoms with van der Waals surface area (Å²) in [6.45, 7) is 5.48. The van der Waals surface area contributed by atoms with E-state index in [0.29, 0.717) is 17.4 Å². The summed E-state index contributed by atoms with van der Waals surface area (Å²) in [7, 11) is 1.50. The molecule has 0 aliphatic rings. The summed E-state index contributed by atoms with van der Waals surface area (Å²) < 4.78 is 33.7. The van der Waals surface area contributed by atoms with Crippen LogP contribution in [0.15, 0.2) is 24.4 Å². The van der Waals surface area contributed by atoms with Crippen molar-refractivity contribution in [1.29, 1.82) is 5.26 Å². The first kappa shape index (κ1) is 21.8. The fraction of sp³-hybridized carbons (Fsp3) is 0.300. The van der Waals surface area contributed by atoms with Crippen LogP contribution < -0.4 is 20.7 Å². The van der Waals surface area contributed by atoms with Crippen molar-refractivity contribution in [2.24, 2.45) is 0 Å². The molecule has 0 fully saturated rings. The molecule has 0 saturated heterocycles. The van der Waals surface area contributed by atoms with E-state index >= 15 is 4.39 Å². The molecule has 0 radical (unpaired) electrons. The first-order valence-electron chi connectivity index (χ1n) is 9.50. The lowest BCUT2D eigenvalue weighted by atomic mass is 10.1. The Labute approximate surface area is 177 Å². The molecule has 0 aromatic carbocycles. The third-order valence-electron chi connectivity index (χ3n) is 4.21. The number of hydrogen-bond donors (Lipinski definition) is 4. The smallest absolute Gasteiger partial charge is 0.234 e. The number of halogens is 2. The van der Waals surface area contributed by atoms with Crippen LogP contribution in [0.3, 0.4) is 0 Å². The Morgan fingerprint density at radius 1 is 1.19 bits per heavy atom. The van der Waals surface area contributed by atoms with Gasteiger partial charge >= 0.3 is 0 Å². The summed E-state index contributed by atoms with van der Waals surface area (Å²) in [4.78, 5) is 8.28. The van der Waals surface area contributed by atoms with Crippen molar-refractivity contribution in [3.63, 3.8) is 0 Å². The summed E-state index contributed by atoms with van der Waals surface area (Å²) in [5.74, 6) is -0.504. The summed E-state index contributed by atoms with van der Waals surface area (Å²) in [5.41, 5.74) is 0.494. The zero-order valence-electron chi connectivity index (χ0n) is 17.4. The average molecular weight is 428 g/mol. The van der Waals surface area contributed by atoms with Crippen LogP contribution in [0.5, 0.6) is 5.88 Å². The summed E-state index contributed by atoms with van der Waals surface area (Å²) in [6, 6.07) is 5.90. The lowest BCUT2D eigenvalue weighted by molar-refractivity contribution is 0.232. The first-order valence-corrected chi connectivity index (χ1v) is 9.50. The van der Waals surface area contributed by atoms with Gasteiger partial charge in [-0.05, 0) is 32.9 Å².